The summed E-state index contributed by atoms with van der Waals surface area (Å²) >= 11 is 0. The van der Waals surface area contributed by atoms with Gasteiger partial charge in [-0.05, 0) is 56.7 Å². The molecule has 1 N–H and O–H groups in total. The van der Waals surface area contributed by atoms with Gasteiger partial charge >= 0.3 is 0 Å². The molecular formula is C20H30N2O3. The van der Waals surface area contributed by atoms with Gasteiger partial charge in [0.2, 0.25) is 11.8 Å². The van der Waals surface area contributed by atoms with Crippen molar-refractivity contribution in [1.82, 2.24) is 10.2 Å². The SMILES string of the molecule is CCCC(=O)N1CCC[C@@H]1C(=O)N[C@H](C)CCc1ccc(OC)cc1. The van der Waals surface area contributed by atoms with Gasteiger partial charge in [0.15, 0.2) is 0 Å². The smallest absolute Gasteiger partial charge is 0.243 e. The van der Waals surface area contributed by atoms with Crippen LogP contribution in [0.3, 0.4) is 0 Å². The van der Waals surface area contributed by atoms with Crippen molar-refractivity contribution in [2.24, 2.45) is 0 Å². The van der Waals surface area contributed by atoms with Crippen molar-refractivity contribution in [2.75, 3.05) is 13.7 Å². The van der Waals surface area contributed by atoms with Crippen LogP contribution in [0.5, 0.6) is 5.75 Å². The summed E-state index contributed by atoms with van der Waals surface area (Å²) in [4.78, 5) is 26.5. The van der Waals surface area contributed by atoms with Crippen LogP contribution < -0.4 is 10.1 Å². The molecule has 2 amide bonds. The standard InChI is InChI=1S/C20H30N2O3/c1-4-6-19(23)22-14-5-7-18(22)20(24)21-15(2)8-9-16-10-12-17(25-3)13-11-16/h10-13,15,18H,4-9,14H2,1-3H3,(H,21,24)/t15-,18-/m1/s1. The summed E-state index contributed by atoms with van der Waals surface area (Å²) in [5.41, 5.74) is 1.22. The molecule has 1 aromatic carbocycles. The van der Waals surface area contributed by atoms with E-state index in [1.54, 1.807) is 12.0 Å². The number of rotatable bonds is 8. The van der Waals surface area contributed by atoms with E-state index in [1.807, 2.05) is 26.0 Å². The summed E-state index contributed by atoms with van der Waals surface area (Å²) in [5, 5.41) is 3.08. The van der Waals surface area contributed by atoms with Crippen LogP contribution in [0.25, 0.3) is 0 Å². The zero-order valence-electron chi connectivity index (χ0n) is 15.6. The lowest BCUT2D eigenvalue weighted by Gasteiger charge is -2.25. The largest absolute Gasteiger partial charge is 0.497 e. The Morgan fingerprint density at radius 3 is 2.68 bits per heavy atom. The van der Waals surface area contributed by atoms with E-state index in [9.17, 15) is 9.59 Å². The number of hydrogen-bond donors (Lipinski definition) is 1. The quantitative estimate of drug-likeness (QED) is 0.787. The van der Waals surface area contributed by atoms with Crippen LogP contribution in [0.15, 0.2) is 24.3 Å². The number of aryl methyl sites for hydroxylation is 1. The Morgan fingerprint density at radius 1 is 1.32 bits per heavy atom. The molecule has 0 saturated carbocycles. The molecule has 0 unspecified atom stereocenters. The van der Waals surface area contributed by atoms with E-state index < -0.39 is 0 Å². The van der Waals surface area contributed by atoms with Gasteiger partial charge < -0.3 is 15.0 Å². The molecule has 1 heterocycles. The van der Waals surface area contributed by atoms with Crippen molar-refractivity contribution in [1.29, 1.82) is 0 Å². The number of nitrogens with one attached hydrogen (secondary N) is 1. The predicted octanol–water partition coefficient (Wildman–Crippen LogP) is 2.92. The van der Waals surface area contributed by atoms with Crippen molar-refractivity contribution in [3.05, 3.63) is 29.8 Å². The molecule has 1 aromatic rings. The molecule has 1 aliphatic heterocycles. The molecule has 2 rings (SSSR count). The number of methoxy groups -OCH3 is 1. The highest BCUT2D eigenvalue weighted by Crippen LogP contribution is 2.19. The second kappa shape index (κ2) is 9.44. The highest BCUT2D eigenvalue weighted by Gasteiger charge is 2.33. The van der Waals surface area contributed by atoms with Crippen LogP contribution in [-0.2, 0) is 16.0 Å². The number of nitrogens with zero attached hydrogens (tertiary/aromatic N) is 1. The average molecular weight is 346 g/mol. The van der Waals surface area contributed by atoms with Gasteiger partial charge in [-0.2, -0.15) is 0 Å². The number of carbonyl (C=O) groups excluding carboxylic acids is 2. The number of benzene rings is 1. The Hall–Kier alpha value is -2.04. The first kappa shape index (κ1) is 19.3. The van der Waals surface area contributed by atoms with Crippen LogP contribution in [0, 0.1) is 0 Å². The Balaban J connectivity index is 1.81. The second-order valence-electron chi connectivity index (χ2n) is 6.79. The van der Waals surface area contributed by atoms with Crippen molar-refractivity contribution >= 4 is 11.8 Å². The molecule has 5 heteroatoms. The van der Waals surface area contributed by atoms with Crippen LogP contribution in [0.1, 0.15) is 51.5 Å². The minimum atomic E-state index is -0.289. The van der Waals surface area contributed by atoms with Crippen molar-refractivity contribution in [2.45, 2.75) is 64.5 Å². The zero-order valence-corrected chi connectivity index (χ0v) is 15.6. The monoisotopic (exact) mass is 346 g/mol. The highest BCUT2D eigenvalue weighted by atomic mass is 16.5. The van der Waals surface area contributed by atoms with Gasteiger partial charge in [0, 0.05) is 19.0 Å². The lowest BCUT2D eigenvalue weighted by atomic mass is 10.1. The van der Waals surface area contributed by atoms with E-state index in [1.165, 1.54) is 5.56 Å². The Kier molecular flexibility index (Phi) is 7.29. The summed E-state index contributed by atoms with van der Waals surface area (Å²) in [5.74, 6) is 0.943. The van der Waals surface area contributed by atoms with E-state index in [4.69, 9.17) is 4.74 Å². The third-order valence-electron chi connectivity index (χ3n) is 4.75. The average Bonchev–Trinajstić information content (AvgIpc) is 3.10. The Labute approximate surface area is 150 Å². The summed E-state index contributed by atoms with van der Waals surface area (Å²) in [7, 11) is 1.66. The summed E-state index contributed by atoms with van der Waals surface area (Å²) in [6.45, 7) is 4.72. The summed E-state index contributed by atoms with van der Waals surface area (Å²) in [6.07, 6.45) is 4.79. The number of likely N-dealkylation sites (tertiary alicyclic amines) is 1. The minimum absolute atomic E-state index is 0.0100. The molecule has 1 aliphatic rings. The van der Waals surface area contributed by atoms with Crippen LogP contribution in [0.2, 0.25) is 0 Å². The van der Waals surface area contributed by atoms with E-state index in [2.05, 4.69) is 17.4 Å². The van der Waals surface area contributed by atoms with Crippen molar-refractivity contribution in [3.63, 3.8) is 0 Å². The molecule has 0 radical (unpaired) electrons. The van der Waals surface area contributed by atoms with Crippen LogP contribution in [-0.4, -0.2) is 42.5 Å². The van der Waals surface area contributed by atoms with Crippen molar-refractivity contribution < 1.29 is 14.3 Å². The fraction of sp³-hybridized carbons (Fsp3) is 0.600. The van der Waals surface area contributed by atoms with Crippen molar-refractivity contribution in [3.8, 4) is 5.75 Å². The molecule has 138 valence electrons. The first-order valence-electron chi connectivity index (χ1n) is 9.28. The third-order valence-corrected chi connectivity index (χ3v) is 4.75. The van der Waals surface area contributed by atoms with Crippen LogP contribution >= 0.6 is 0 Å². The molecule has 0 aromatic heterocycles. The van der Waals surface area contributed by atoms with Gasteiger partial charge in [0.1, 0.15) is 11.8 Å². The molecule has 5 nitrogen and oxygen atoms in total. The van der Waals surface area contributed by atoms with Crippen LogP contribution in [0.4, 0.5) is 0 Å². The second-order valence-corrected chi connectivity index (χ2v) is 6.79. The predicted molar refractivity (Wildman–Crippen MR) is 98.6 cm³/mol. The van der Waals surface area contributed by atoms with Gasteiger partial charge in [-0.1, -0.05) is 19.1 Å². The molecule has 0 bridgehead atoms. The molecule has 0 spiro atoms. The first-order valence-corrected chi connectivity index (χ1v) is 9.28. The third kappa shape index (κ3) is 5.48. The maximum absolute atomic E-state index is 12.5. The maximum atomic E-state index is 12.5. The number of ether oxygens (including phenoxy) is 1. The molecule has 25 heavy (non-hydrogen) atoms. The maximum Gasteiger partial charge on any atom is 0.243 e. The molecule has 1 saturated heterocycles. The lowest BCUT2D eigenvalue weighted by Crippen LogP contribution is -2.48. The van der Waals surface area contributed by atoms with E-state index in [0.717, 1.165) is 37.9 Å². The summed E-state index contributed by atoms with van der Waals surface area (Å²) in [6, 6.07) is 7.80. The lowest BCUT2D eigenvalue weighted by molar-refractivity contribution is -0.138. The minimum Gasteiger partial charge on any atom is -0.497 e. The Bertz CT molecular complexity index is 571. The molecule has 1 fully saturated rings. The fourth-order valence-electron chi connectivity index (χ4n) is 3.28. The fourth-order valence-corrected chi connectivity index (χ4v) is 3.28. The topological polar surface area (TPSA) is 58.6 Å². The van der Waals surface area contributed by atoms with Gasteiger partial charge in [-0.25, -0.2) is 0 Å². The molecular weight excluding hydrogens is 316 g/mol. The van der Waals surface area contributed by atoms with E-state index in [0.29, 0.717) is 13.0 Å². The number of hydrogen-bond acceptors (Lipinski definition) is 3. The Morgan fingerprint density at radius 2 is 2.04 bits per heavy atom. The van der Waals surface area contributed by atoms with Gasteiger partial charge in [0.05, 0.1) is 7.11 Å². The number of carbonyl (C=O) groups is 2. The normalized spacial score (nSPS) is 18.0. The van der Waals surface area contributed by atoms with Gasteiger partial charge in [0.25, 0.3) is 0 Å². The van der Waals surface area contributed by atoms with E-state index >= 15 is 0 Å². The van der Waals surface area contributed by atoms with Gasteiger partial charge in [-0.3, -0.25) is 9.59 Å². The molecule has 0 aliphatic carbocycles. The molecule has 2 atom stereocenters. The van der Waals surface area contributed by atoms with E-state index in [-0.39, 0.29) is 23.9 Å². The first-order chi connectivity index (χ1) is 12.0. The zero-order chi connectivity index (χ0) is 18.2. The number of amides is 2. The van der Waals surface area contributed by atoms with Gasteiger partial charge in [-0.15, -0.1) is 0 Å². The summed E-state index contributed by atoms with van der Waals surface area (Å²) < 4.78 is 5.16. The highest BCUT2D eigenvalue weighted by molar-refractivity contribution is 5.88.